The van der Waals surface area contributed by atoms with Crippen molar-refractivity contribution in [1.82, 2.24) is 10.5 Å². The van der Waals surface area contributed by atoms with Crippen LogP contribution in [0.2, 0.25) is 0 Å². The predicted molar refractivity (Wildman–Crippen MR) is 87.7 cm³/mol. The van der Waals surface area contributed by atoms with Crippen molar-refractivity contribution in [1.29, 1.82) is 0 Å². The van der Waals surface area contributed by atoms with Gasteiger partial charge in [0.25, 0.3) is 0 Å². The maximum absolute atomic E-state index is 5.90. The highest BCUT2D eigenvalue weighted by Crippen LogP contribution is 2.31. The van der Waals surface area contributed by atoms with Crippen molar-refractivity contribution in [3.8, 4) is 11.5 Å². The molecule has 2 unspecified atom stereocenters. The van der Waals surface area contributed by atoms with Crippen LogP contribution >= 0.6 is 0 Å². The maximum Gasteiger partial charge on any atom is 0.161 e. The zero-order chi connectivity index (χ0) is 16.4. The summed E-state index contributed by atoms with van der Waals surface area (Å²) in [7, 11) is 1.66. The Kier molecular flexibility index (Phi) is 4.57. The first-order valence-electron chi connectivity index (χ1n) is 8.03. The fraction of sp³-hybridized carbons (Fsp3) is 0.500. The van der Waals surface area contributed by atoms with Crippen molar-refractivity contribution in [3.05, 3.63) is 40.8 Å². The Labute approximate surface area is 137 Å². The fourth-order valence-corrected chi connectivity index (χ4v) is 2.65. The van der Waals surface area contributed by atoms with E-state index in [0.717, 1.165) is 41.0 Å². The van der Waals surface area contributed by atoms with Gasteiger partial charge >= 0.3 is 0 Å². The van der Waals surface area contributed by atoms with Crippen LogP contribution in [0.5, 0.6) is 11.5 Å². The minimum Gasteiger partial charge on any atom is -0.493 e. The van der Waals surface area contributed by atoms with Gasteiger partial charge in [-0.1, -0.05) is 18.1 Å². The average molecular weight is 316 g/mol. The van der Waals surface area contributed by atoms with E-state index in [-0.39, 0.29) is 0 Å². The summed E-state index contributed by atoms with van der Waals surface area (Å²) >= 11 is 0. The molecule has 0 radical (unpaired) electrons. The van der Waals surface area contributed by atoms with Gasteiger partial charge in [0.2, 0.25) is 0 Å². The van der Waals surface area contributed by atoms with Crippen LogP contribution in [0, 0.1) is 19.8 Å². The Hall–Kier alpha value is -2.01. The molecule has 1 aromatic carbocycles. The van der Waals surface area contributed by atoms with E-state index in [1.54, 1.807) is 7.11 Å². The van der Waals surface area contributed by atoms with Gasteiger partial charge in [-0.25, -0.2) is 0 Å². The molecular formula is C18H24N2O3. The van der Waals surface area contributed by atoms with E-state index >= 15 is 0 Å². The van der Waals surface area contributed by atoms with Gasteiger partial charge in [-0.2, -0.15) is 0 Å². The summed E-state index contributed by atoms with van der Waals surface area (Å²) in [4.78, 5) is 0. The Balaban J connectivity index is 1.64. The SMILES string of the molecule is COc1cc(CNC2CC2C)ccc1OCc1c(C)noc1C. The minimum atomic E-state index is 0.425. The first-order valence-corrected chi connectivity index (χ1v) is 8.03. The molecule has 3 rings (SSSR count). The van der Waals surface area contributed by atoms with Gasteiger partial charge in [0.05, 0.1) is 18.4 Å². The highest BCUT2D eigenvalue weighted by Gasteiger charge is 2.31. The lowest BCUT2D eigenvalue weighted by Gasteiger charge is -2.12. The van der Waals surface area contributed by atoms with Gasteiger partial charge in [0.1, 0.15) is 12.4 Å². The topological polar surface area (TPSA) is 56.5 Å². The molecule has 1 fully saturated rings. The highest BCUT2D eigenvalue weighted by molar-refractivity contribution is 5.43. The maximum atomic E-state index is 5.90. The lowest BCUT2D eigenvalue weighted by Crippen LogP contribution is -2.17. The third-order valence-electron chi connectivity index (χ3n) is 4.46. The average Bonchev–Trinajstić information content (AvgIpc) is 3.17. The molecule has 1 aromatic heterocycles. The number of aromatic nitrogens is 1. The smallest absolute Gasteiger partial charge is 0.161 e. The Bertz CT molecular complexity index is 661. The Morgan fingerprint density at radius 2 is 2.09 bits per heavy atom. The van der Waals surface area contributed by atoms with Gasteiger partial charge in [-0.05, 0) is 43.9 Å². The van der Waals surface area contributed by atoms with Gasteiger partial charge in [0.15, 0.2) is 11.5 Å². The van der Waals surface area contributed by atoms with E-state index in [4.69, 9.17) is 14.0 Å². The van der Waals surface area contributed by atoms with E-state index in [1.807, 2.05) is 26.0 Å². The second-order valence-electron chi connectivity index (χ2n) is 6.28. The molecule has 0 aliphatic heterocycles. The molecule has 1 aliphatic carbocycles. The van der Waals surface area contributed by atoms with Crippen LogP contribution in [0.15, 0.2) is 22.7 Å². The first kappa shape index (κ1) is 15.9. The van der Waals surface area contributed by atoms with Crippen LogP contribution in [-0.4, -0.2) is 18.3 Å². The Morgan fingerprint density at radius 1 is 1.30 bits per heavy atom. The van der Waals surface area contributed by atoms with Crippen LogP contribution < -0.4 is 14.8 Å². The normalized spacial score (nSPS) is 19.7. The molecular weight excluding hydrogens is 292 g/mol. The van der Waals surface area contributed by atoms with E-state index in [0.29, 0.717) is 12.6 Å². The summed E-state index contributed by atoms with van der Waals surface area (Å²) in [6.45, 7) is 7.36. The summed E-state index contributed by atoms with van der Waals surface area (Å²) in [5.41, 5.74) is 3.05. The van der Waals surface area contributed by atoms with Gasteiger partial charge < -0.3 is 19.3 Å². The third kappa shape index (κ3) is 3.67. The second kappa shape index (κ2) is 6.62. The quantitative estimate of drug-likeness (QED) is 0.848. The third-order valence-corrected chi connectivity index (χ3v) is 4.46. The molecule has 0 bridgehead atoms. The fourth-order valence-electron chi connectivity index (χ4n) is 2.65. The number of nitrogens with zero attached hydrogens (tertiary/aromatic N) is 1. The van der Waals surface area contributed by atoms with E-state index in [1.165, 1.54) is 12.0 Å². The number of aryl methyl sites for hydroxylation is 2. The first-order chi connectivity index (χ1) is 11.1. The lowest BCUT2D eigenvalue weighted by atomic mass is 10.2. The molecule has 1 heterocycles. The summed E-state index contributed by atoms with van der Waals surface area (Å²) < 4.78 is 16.5. The van der Waals surface area contributed by atoms with Crippen LogP contribution in [0.1, 0.15) is 35.9 Å². The number of rotatable bonds is 7. The standard InChI is InChI=1S/C18H24N2O3/c1-11-7-16(11)19-9-14-5-6-17(18(8-14)21-4)22-10-15-12(2)20-23-13(15)3/h5-6,8,11,16,19H,7,9-10H2,1-4H3. The zero-order valence-electron chi connectivity index (χ0n) is 14.2. The summed E-state index contributed by atoms with van der Waals surface area (Å²) in [6, 6.07) is 6.73. The van der Waals surface area contributed by atoms with Crippen LogP contribution in [-0.2, 0) is 13.2 Å². The van der Waals surface area contributed by atoms with Crippen molar-refractivity contribution in [2.24, 2.45) is 5.92 Å². The monoisotopic (exact) mass is 316 g/mol. The van der Waals surface area contributed by atoms with Gasteiger partial charge in [0, 0.05) is 12.6 Å². The van der Waals surface area contributed by atoms with Crippen LogP contribution in [0.3, 0.4) is 0 Å². The van der Waals surface area contributed by atoms with E-state index in [9.17, 15) is 0 Å². The van der Waals surface area contributed by atoms with Gasteiger partial charge in [-0.15, -0.1) is 0 Å². The summed E-state index contributed by atoms with van der Waals surface area (Å²) in [5, 5.41) is 7.49. The van der Waals surface area contributed by atoms with Crippen molar-refractivity contribution in [2.75, 3.05) is 7.11 Å². The van der Waals surface area contributed by atoms with Crippen molar-refractivity contribution in [2.45, 2.75) is 46.4 Å². The van der Waals surface area contributed by atoms with Crippen molar-refractivity contribution >= 4 is 0 Å². The van der Waals surface area contributed by atoms with Crippen molar-refractivity contribution < 1.29 is 14.0 Å². The highest BCUT2D eigenvalue weighted by atomic mass is 16.5. The molecule has 1 N–H and O–H groups in total. The predicted octanol–water partition coefficient (Wildman–Crippen LogP) is 3.38. The molecule has 23 heavy (non-hydrogen) atoms. The van der Waals surface area contributed by atoms with Crippen LogP contribution in [0.25, 0.3) is 0 Å². The second-order valence-corrected chi connectivity index (χ2v) is 6.28. The summed E-state index contributed by atoms with van der Waals surface area (Å²) in [5.74, 6) is 3.08. The van der Waals surface area contributed by atoms with Crippen molar-refractivity contribution in [3.63, 3.8) is 0 Å². The number of ether oxygens (including phenoxy) is 2. The number of benzene rings is 1. The molecule has 2 aromatic rings. The zero-order valence-corrected chi connectivity index (χ0v) is 14.2. The molecule has 0 spiro atoms. The summed E-state index contributed by atoms with van der Waals surface area (Å²) in [6.07, 6.45) is 1.27. The largest absolute Gasteiger partial charge is 0.493 e. The van der Waals surface area contributed by atoms with Crippen LogP contribution in [0.4, 0.5) is 0 Å². The molecule has 0 saturated heterocycles. The Morgan fingerprint density at radius 3 is 2.70 bits per heavy atom. The molecule has 5 nitrogen and oxygen atoms in total. The molecule has 124 valence electrons. The number of methoxy groups -OCH3 is 1. The minimum absolute atomic E-state index is 0.425. The van der Waals surface area contributed by atoms with E-state index in [2.05, 4.69) is 23.5 Å². The molecule has 5 heteroatoms. The van der Waals surface area contributed by atoms with E-state index < -0.39 is 0 Å². The lowest BCUT2D eigenvalue weighted by molar-refractivity contribution is 0.281. The van der Waals surface area contributed by atoms with Gasteiger partial charge in [-0.3, -0.25) is 0 Å². The number of hydrogen-bond donors (Lipinski definition) is 1. The molecule has 1 saturated carbocycles. The molecule has 2 atom stereocenters. The molecule has 0 amide bonds. The number of nitrogens with one attached hydrogen (secondary N) is 1. The molecule has 1 aliphatic rings. The number of hydrogen-bond acceptors (Lipinski definition) is 5.